The Hall–Kier alpha value is 1.11. The minimum absolute atomic E-state index is 0.296. The molecule has 0 aliphatic rings. The van der Waals surface area contributed by atoms with Gasteiger partial charge in [0.05, 0.1) is 16.4 Å². The van der Waals surface area contributed by atoms with E-state index < -0.39 is 9.84 Å². The topological polar surface area (TPSA) is 34.1 Å². The molecule has 0 saturated carbocycles. The summed E-state index contributed by atoms with van der Waals surface area (Å²) in [5, 5.41) is 0. The van der Waals surface area contributed by atoms with Crippen LogP contribution in [-0.2, 0) is 9.84 Å². The van der Waals surface area contributed by atoms with Crippen molar-refractivity contribution in [1.82, 2.24) is 0 Å². The Bertz CT molecular complexity index is 495. The Balaban J connectivity index is 2.26. The quantitative estimate of drug-likeness (QED) is 0.275. The molecule has 1 aromatic heterocycles. The number of thiophene rings is 1. The van der Waals surface area contributed by atoms with Crippen LogP contribution < -0.4 is 0 Å². The number of halogens is 2. The molecule has 0 spiro atoms. The van der Waals surface area contributed by atoms with Crippen LogP contribution in [0, 0.1) is 5.77 Å². The van der Waals surface area contributed by atoms with Gasteiger partial charge in [-0.15, -0.1) is 11.3 Å². The molecule has 0 fully saturated rings. The highest BCUT2D eigenvalue weighted by Gasteiger charge is 2.19. The van der Waals surface area contributed by atoms with Crippen LogP contribution in [0.2, 0.25) is 0 Å². The highest BCUT2D eigenvalue weighted by atomic mass is 127. The summed E-state index contributed by atoms with van der Waals surface area (Å²) < 4.78 is 26.4. The molecule has 0 radical (unpaired) electrons. The molecule has 0 bridgehead atoms. The summed E-state index contributed by atoms with van der Waals surface area (Å²) >= 11 is 5.86. The Morgan fingerprint density at radius 3 is 2.05 bits per heavy atom. The van der Waals surface area contributed by atoms with Gasteiger partial charge in [-0.2, -0.15) is 0 Å². The van der Waals surface area contributed by atoms with Crippen molar-refractivity contribution in [3.63, 3.8) is 0 Å². The Morgan fingerprint density at radius 2 is 1.55 bits per heavy atom. The third-order valence-corrected chi connectivity index (χ3v) is 8.47. The van der Waals surface area contributed by atoms with Crippen LogP contribution in [0.15, 0.2) is 11.0 Å². The third kappa shape index (κ3) is 6.91. The van der Waals surface area contributed by atoms with Gasteiger partial charge in [0.2, 0.25) is 0 Å². The first kappa shape index (κ1) is 19.2. The number of unbranched alkanes of at least 4 members (excludes halogenated alkanes) is 7. The second-order valence-electron chi connectivity index (χ2n) is 4.98. The summed E-state index contributed by atoms with van der Waals surface area (Å²) in [5.74, 6) is 0.296. The maximum Gasteiger partial charge on any atom is 0.180 e. The van der Waals surface area contributed by atoms with E-state index in [9.17, 15) is 8.42 Å². The van der Waals surface area contributed by atoms with Crippen LogP contribution in [0.1, 0.15) is 58.3 Å². The van der Waals surface area contributed by atoms with Crippen molar-refractivity contribution in [2.45, 2.75) is 63.2 Å². The van der Waals surface area contributed by atoms with Gasteiger partial charge in [0.15, 0.2) is 9.84 Å². The lowest BCUT2D eigenvalue weighted by atomic mass is 10.1. The van der Waals surface area contributed by atoms with E-state index in [-0.39, 0.29) is 0 Å². The van der Waals surface area contributed by atoms with E-state index in [0.717, 1.165) is 25.0 Å². The van der Waals surface area contributed by atoms with Crippen molar-refractivity contribution in [2.24, 2.45) is 0 Å². The van der Waals surface area contributed by atoms with Crippen LogP contribution in [0.25, 0.3) is 0 Å². The normalized spacial score (nSPS) is 11.9. The van der Waals surface area contributed by atoms with Gasteiger partial charge in [0.25, 0.3) is 0 Å². The van der Waals surface area contributed by atoms with Crippen molar-refractivity contribution < 1.29 is 8.42 Å². The molecule has 6 heteroatoms. The maximum absolute atomic E-state index is 12.2. The lowest BCUT2D eigenvalue weighted by Gasteiger charge is -2.03. The molecule has 1 heterocycles. The Labute approximate surface area is 154 Å². The molecule has 1 aromatic rings. The Morgan fingerprint density at radius 1 is 1.00 bits per heavy atom. The van der Waals surface area contributed by atoms with Gasteiger partial charge in [-0.05, 0) is 57.7 Å². The fourth-order valence-corrected chi connectivity index (χ4v) is 8.83. The summed E-state index contributed by atoms with van der Waals surface area (Å²) in [5.41, 5.74) is 0. The van der Waals surface area contributed by atoms with Crippen molar-refractivity contribution in [3.05, 3.63) is 11.8 Å². The summed E-state index contributed by atoms with van der Waals surface area (Å²) in [4.78, 5) is 0.537. The fraction of sp³-hybridized carbons (Fsp3) is 0.714. The molecular weight excluding hydrogens is 518 g/mol. The monoisotopic (exact) mass is 540 g/mol. The van der Waals surface area contributed by atoms with Crippen LogP contribution in [0.4, 0.5) is 0 Å². The van der Waals surface area contributed by atoms with Gasteiger partial charge < -0.3 is 0 Å². The van der Waals surface area contributed by atoms with E-state index in [2.05, 4.69) is 52.1 Å². The molecule has 0 saturated heterocycles. The number of sulfone groups is 1. The lowest BCUT2D eigenvalue weighted by molar-refractivity contribution is 0.572. The van der Waals surface area contributed by atoms with Gasteiger partial charge in [-0.25, -0.2) is 8.42 Å². The molecule has 20 heavy (non-hydrogen) atoms. The van der Waals surface area contributed by atoms with Gasteiger partial charge in [0.1, 0.15) is 0 Å². The smallest absolute Gasteiger partial charge is 0.180 e. The minimum Gasteiger partial charge on any atom is -0.224 e. The average Bonchev–Trinajstić information content (AvgIpc) is 2.72. The van der Waals surface area contributed by atoms with Crippen molar-refractivity contribution >= 4 is 66.4 Å². The van der Waals surface area contributed by atoms with Gasteiger partial charge in [0, 0.05) is 0 Å². The first-order valence-electron chi connectivity index (χ1n) is 7.15. The molecule has 0 atom stereocenters. The van der Waals surface area contributed by atoms with Crippen molar-refractivity contribution in [3.8, 4) is 0 Å². The van der Waals surface area contributed by atoms with E-state index in [4.69, 9.17) is 0 Å². The predicted molar refractivity (Wildman–Crippen MR) is 104 cm³/mol. The molecule has 0 aromatic carbocycles. The van der Waals surface area contributed by atoms with Crippen molar-refractivity contribution in [1.29, 1.82) is 0 Å². The minimum atomic E-state index is -3.07. The zero-order valence-corrected chi connectivity index (χ0v) is 17.8. The molecule has 0 N–H and O–H groups in total. The highest BCUT2D eigenvalue weighted by molar-refractivity contribution is 14.1. The van der Waals surface area contributed by atoms with Crippen molar-refractivity contribution in [2.75, 3.05) is 5.75 Å². The fourth-order valence-electron chi connectivity index (χ4n) is 2.07. The van der Waals surface area contributed by atoms with Crippen LogP contribution in [0.5, 0.6) is 0 Å². The average molecular weight is 540 g/mol. The number of hydrogen-bond acceptors (Lipinski definition) is 3. The highest BCUT2D eigenvalue weighted by Crippen LogP contribution is 2.30. The molecule has 2 nitrogen and oxygen atoms in total. The largest absolute Gasteiger partial charge is 0.224 e. The molecule has 0 amide bonds. The van der Waals surface area contributed by atoms with E-state index in [1.807, 2.05) is 0 Å². The molecule has 0 unspecified atom stereocenters. The predicted octanol–water partition coefficient (Wildman–Crippen LogP) is 5.87. The van der Waals surface area contributed by atoms with E-state index in [0.29, 0.717) is 10.6 Å². The summed E-state index contributed by atoms with van der Waals surface area (Å²) in [6, 6.07) is 1.80. The van der Waals surface area contributed by atoms with E-state index >= 15 is 0 Å². The van der Waals surface area contributed by atoms with Crippen LogP contribution in [0.3, 0.4) is 0 Å². The van der Waals surface area contributed by atoms with E-state index in [1.165, 1.54) is 32.1 Å². The molecule has 0 aliphatic carbocycles. The first-order valence-corrected chi connectivity index (χ1v) is 11.8. The first-order chi connectivity index (χ1) is 9.47. The van der Waals surface area contributed by atoms with Gasteiger partial charge in [-0.1, -0.05) is 51.9 Å². The zero-order chi connectivity index (χ0) is 15.0. The molecule has 0 aliphatic heterocycles. The number of hydrogen-bond donors (Lipinski definition) is 0. The standard InChI is InChI=1S/C14H22I2O2S2/c1-2-3-4-5-6-7-8-9-10-20(17,18)12-11-13(15)19-14(12)16/h11H,2-10H2,1H3. The van der Waals surface area contributed by atoms with E-state index in [1.54, 1.807) is 17.4 Å². The summed E-state index contributed by atoms with van der Waals surface area (Å²) in [6.45, 7) is 2.22. The van der Waals surface area contributed by atoms with Gasteiger partial charge in [-0.3, -0.25) is 0 Å². The second kappa shape index (κ2) is 9.99. The third-order valence-electron chi connectivity index (χ3n) is 3.23. The van der Waals surface area contributed by atoms with Crippen LogP contribution in [-0.4, -0.2) is 14.2 Å². The summed E-state index contributed by atoms with van der Waals surface area (Å²) in [7, 11) is -3.07. The number of rotatable bonds is 10. The maximum atomic E-state index is 12.2. The molecule has 116 valence electrons. The Kier molecular flexibility index (Phi) is 9.57. The second-order valence-corrected chi connectivity index (χ2v) is 11.8. The lowest BCUT2D eigenvalue weighted by Crippen LogP contribution is -2.07. The molecule has 1 rings (SSSR count). The zero-order valence-electron chi connectivity index (χ0n) is 11.8. The van der Waals surface area contributed by atoms with Crippen LogP contribution >= 0.6 is 56.5 Å². The SMILES string of the molecule is CCCCCCCCCCS(=O)(=O)c1cc(I)sc1I. The van der Waals surface area contributed by atoms with Gasteiger partial charge >= 0.3 is 0 Å². The molecular formula is C14H22I2O2S2. The summed E-state index contributed by atoms with van der Waals surface area (Å²) in [6.07, 6.45) is 9.44.